The van der Waals surface area contributed by atoms with Gasteiger partial charge in [-0.05, 0) is 18.2 Å². The maximum absolute atomic E-state index is 12.0. The fourth-order valence-electron chi connectivity index (χ4n) is 2.30. The average molecular weight is 322 g/mol. The number of hydrogen-bond donors (Lipinski definition) is 1. The third-order valence-corrected chi connectivity index (χ3v) is 3.51. The van der Waals surface area contributed by atoms with Crippen LogP contribution < -0.4 is 10.3 Å². The minimum absolute atomic E-state index is 0.0757. The molecule has 0 saturated carbocycles. The van der Waals surface area contributed by atoms with Crippen molar-refractivity contribution >= 4 is 0 Å². The van der Waals surface area contributed by atoms with Crippen LogP contribution in [0.3, 0.4) is 0 Å². The molecule has 0 fully saturated rings. The molecule has 0 aliphatic carbocycles. The van der Waals surface area contributed by atoms with Gasteiger partial charge in [0.1, 0.15) is 18.5 Å². The summed E-state index contributed by atoms with van der Waals surface area (Å²) in [5.74, 6) is 0.676. The predicted molar refractivity (Wildman–Crippen MR) is 91.9 cm³/mol. The number of ether oxygens (including phenoxy) is 1. The smallest absolute Gasteiger partial charge is 0.266 e. The zero-order valence-corrected chi connectivity index (χ0v) is 13.1. The molecule has 0 aliphatic heterocycles. The van der Waals surface area contributed by atoms with Crippen molar-refractivity contribution in [2.75, 3.05) is 6.61 Å². The number of hydrogen-bond acceptors (Lipinski definition) is 4. The molecular formula is C19H18N2O3. The summed E-state index contributed by atoms with van der Waals surface area (Å²) in [5, 5.41) is 14.5. The van der Waals surface area contributed by atoms with Gasteiger partial charge in [0.25, 0.3) is 5.56 Å². The second kappa shape index (κ2) is 7.57. The summed E-state index contributed by atoms with van der Waals surface area (Å²) in [6, 6.07) is 22.0. The van der Waals surface area contributed by atoms with Gasteiger partial charge in [0, 0.05) is 11.6 Å². The molecule has 2 aromatic carbocycles. The Bertz CT molecular complexity index is 832. The van der Waals surface area contributed by atoms with E-state index < -0.39 is 6.10 Å². The molecule has 1 N–H and O–H groups in total. The number of aliphatic hydroxyl groups excluding tert-OH is 1. The van der Waals surface area contributed by atoms with Gasteiger partial charge >= 0.3 is 0 Å². The van der Waals surface area contributed by atoms with E-state index in [1.807, 2.05) is 60.7 Å². The van der Waals surface area contributed by atoms with Crippen molar-refractivity contribution in [3.8, 4) is 17.0 Å². The van der Waals surface area contributed by atoms with Crippen LogP contribution in [-0.4, -0.2) is 27.6 Å². The minimum atomic E-state index is -0.832. The van der Waals surface area contributed by atoms with Crippen LogP contribution in [0.15, 0.2) is 77.6 Å². The summed E-state index contributed by atoms with van der Waals surface area (Å²) < 4.78 is 6.77. The number of aromatic nitrogens is 2. The van der Waals surface area contributed by atoms with Crippen LogP contribution in [0.4, 0.5) is 0 Å². The molecule has 5 heteroatoms. The highest BCUT2D eigenvalue weighted by Crippen LogP contribution is 2.14. The molecule has 1 aromatic heterocycles. The summed E-state index contributed by atoms with van der Waals surface area (Å²) in [4.78, 5) is 12.0. The fraction of sp³-hybridized carbons (Fsp3) is 0.158. The van der Waals surface area contributed by atoms with Gasteiger partial charge in [-0.2, -0.15) is 5.10 Å². The largest absolute Gasteiger partial charge is 0.491 e. The van der Waals surface area contributed by atoms with Crippen molar-refractivity contribution in [1.82, 2.24) is 9.78 Å². The highest BCUT2D eigenvalue weighted by molar-refractivity contribution is 5.57. The first kappa shape index (κ1) is 16.0. The van der Waals surface area contributed by atoms with E-state index in [0.717, 1.165) is 5.56 Å². The van der Waals surface area contributed by atoms with E-state index in [1.54, 1.807) is 6.07 Å². The molecular weight excluding hydrogens is 304 g/mol. The lowest BCUT2D eigenvalue weighted by atomic mass is 10.1. The predicted octanol–water partition coefficient (Wildman–Crippen LogP) is 2.35. The van der Waals surface area contributed by atoms with E-state index in [0.29, 0.717) is 11.4 Å². The van der Waals surface area contributed by atoms with Gasteiger partial charge in [0.2, 0.25) is 0 Å². The van der Waals surface area contributed by atoms with Crippen molar-refractivity contribution in [3.63, 3.8) is 0 Å². The number of rotatable bonds is 6. The van der Waals surface area contributed by atoms with E-state index in [-0.39, 0.29) is 18.7 Å². The van der Waals surface area contributed by atoms with Crippen LogP contribution in [0.1, 0.15) is 0 Å². The van der Waals surface area contributed by atoms with Gasteiger partial charge in [0.15, 0.2) is 0 Å². The maximum Gasteiger partial charge on any atom is 0.266 e. The lowest BCUT2D eigenvalue weighted by Crippen LogP contribution is -2.31. The Morgan fingerprint density at radius 1 is 0.958 bits per heavy atom. The summed E-state index contributed by atoms with van der Waals surface area (Å²) in [6.07, 6.45) is -0.832. The Morgan fingerprint density at radius 2 is 1.62 bits per heavy atom. The summed E-state index contributed by atoms with van der Waals surface area (Å²) in [6.45, 7) is 0.167. The van der Waals surface area contributed by atoms with Gasteiger partial charge in [-0.15, -0.1) is 0 Å². The number of aliphatic hydroxyl groups is 1. The zero-order chi connectivity index (χ0) is 16.8. The van der Waals surface area contributed by atoms with Crippen LogP contribution in [0.25, 0.3) is 11.3 Å². The van der Waals surface area contributed by atoms with E-state index in [2.05, 4.69) is 5.10 Å². The number of para-hydroxylation sites is 1. The molecule has 0 spiro atoms. The standard InChI is InChI=1S/C19H18N2O3/c22-16(14-24-17-9-5-2-6-10-17)13-21-19(23)12-11-18(20-21)15-7-3-1-4-8-15/h1-12,16,22H,13-14H2. The lowest BCUT2D eigenvalue weighted by molar-refractivity contribution is 0.0880. The van der Waals surface area contributed by atoms with Crippen molar-refractivity contribution < 1.29 is 9.84 Å². The molecule has 3 aromatic rings. The third-order valence-electron chi connectivity index (χ3n) is 3.51. The quantitative estimate of drug-likeness (QED) is 0.756. The van der Waals surface area contributed by atoms with E-state index in [4.69, 9.17) is 4.74 Å². The van der Waals surface area contributed by atoms with Crippen LogP contribution in [0.5, 0.6) is 5.75 Å². The van der Waals surface area contributed by atoms with Crippen molar-refractivity contribution in [2.24, 2.45) is 0 Å². The Hall–Kier alpha value is -2.92. The SMILES string of the molecule is O=c1ccc(-c2ccccc2)nn1CC(O)COc1ccccc1. The Balaban J connectivity index is 1.69. The molecule has 0 saturated heterocycles. The van der Waals surface area contributed by atoms with Crippen molar-refractivity contribution in [2.45, 2.75) is 12.6 Å². The molecule has 0 aliphatic rings. The molecule has 5 nitrogen and oxygen atoms in total. The highest BCUT2D eigenvalue weighted by atomic mass is 16.5. The van der Waals surface area contributed by atoms with Crippen molar-refractivity contribution in [3.05, 3.63) is 83.2 Å². The average Bonchev–Trinajstić information content (AvgIpc) is 2.63. The third kappa shape index (κ3) is 4.08. The van der Waals surface area contributed by atoms with Crippen molar-refractivity contribution in [1.29, 1.82) is 0 Å². The summed E-state index contributed by atoms with van der Waals surface area (Å²) in [7, 11) is 0. The maximum atomic E-state index is 12.0. The highest BCUT2D eigenvalue weighted by Gasteiger charge is 2.10. The molecule has 1 atom stereocenters. The first-order valence-corrected chi connectivity index (χ1v) is 7.72. The van der Waals surface area contributed by atoms with Crippen LogP contribution in [-0.2, 0) is 6.54 Å². The van der Waals surface area contributed by atoms with Crippen LogP contribution in [0, 0.1) is 0 Å². The topological polar surface area (TPSA) is 64.4 Å². The Labute approximate surface area is 139 Å². The monoisotopic (exact) mass is 322 g/mol. The second-order valence-electron chi connectivity index (χ2n) is 5.38. The van der Waals surface area contributed by atoms with Crippen LogP contribution >= 0.6 is 0 Å². The molecule has 122 valence electrons. The fourth-order valence-corrected chi connectivity index (χ4v) is 2.30. The molecule has 1 heterocycles. The van der Waals surface area contributed by atoms with Gasteiger partial charge in [-0.1, -0.05) is 48.5 Å². The number of benzene rings is 2. The second-order valence-corrected chi connectivity index (χ2v) is 5.38. The minimum Gasteiger partial charge on any atom is -0.491 e. The van der Waals surface area contributed by atoms with E-state index in [1.165, 1.54) is 10.7 Å². The summed E-state index contributed by atoms with van der Waals surface area (Å²) >= 11 is 0. The zero-order valence-electron chi connectivity index (χ0n) is 13.1. The molecule has 0 radical (unpaired) electrons. The van der Waals surface area contributed by atoms with Gasteiger partial charge in [0.05, 0.1) is 12.2 Å². The lowest BCUT2D eigenvalue weighted by Gasteiger charge is -2.14. The van der Waals surface area contributed by atoms with Gasteiger partial charge < -0.3 is 9.84 Å². The molecule has 0 amide bonds. The molecule has 0 bridgehead atoms. The molecule has 24 heavy (non-hydrogen) atoms. The van der Waals surface area contributed by atoms with Crippen LogP contribution in [0.2, 0.25) is 0 Å². The first-order valence-electron chi connectivity index (χ1n) is 7.72. The molecule has 3 rings (SSSR count). The summed E-state index contributed by atoms with van der Waals surface area (Å²) in [5.41, 5.74) is 1.35. The first-order chi connectivity index (χ1) is 11.7. The number of nitrogens with zero attached hydrogens (tertiary/aromatic N) is 2. The normalized spacial score (nSPS) is 11.9. The van der Waals surface area contributed by atoms with Gasteiger partial charge in [-0.3, -0.25) is 4.79 Å². The van der Waals surface area contributed by atoms with E-state index in [9.17, 15) is 9.90 Å². The van der Waals surface area contributed by atoms with Gasteiger partial charge in [-0.25, -0.2) is 4.68 Å². The van der Waals surface area contributed by atoms with E-state index >= 15 is 0 Å². The Kier molecular flexibility index (Phi) is 5.03. The Morgan fingerprint density at radius 3 is 2.33 bits per heavy atom. The molecule has 1 unspecified atom stereocenters.